The lowest BCUT2D eigenvalue weighted by Crippen LogP contribution is -2.17. The molecule has 5 heteroatoms. The van der Waals surface area contributed by atoms with Gasteiger partial charge in [0.05, 0.1) is 12.8 Å². The van der Waals surface area contributed by atoms with Crippen LogP contribution in [0.2, 0.25) is 5.15 Å². The number of rotatable bonds is 2. The SMILES string of the molecule is COc1cccc(-c2nc(C(C)(C)C)nc(Cl)c2C)c1F. The van der Waals surface area contributed by atoms with E-state index in [9.17, 15) is 4.39 Å². The van der Waals surface area contributed by atoms with Crippen molar-refractivity contribution in [3.63, 3.8) is 0 Å². The van der Waals surface area contributed by atoms with Gasteiger partial charge in [-0.3, -0.25) is 0 Å². The van der Waals surface area contributed by atoms with Crippen molar-refractivity contribution >= 4 is 11.6 Å². The molecule has 112 valence electrons. The van der Waals surface area contributed by atoms with Gasteiger partial charge in [0, 0.05) is 16.5 Å². The number of hydrogen-bond acceptors (Lipinski definition) is 3. The van der Waals surface area contributed by atoms with Crippen molar-refractivity contribution in [2.45, 2.75) is 33.1 Å². The second kappa shape index (κ2) is 5.60. The number of ether oxygens (including phenoxy) is 1. The number of methoxy groups -OCH3 is 1. The van der Waals surface area contributed by atoms with Crippen molar-refractivity contribution < 1.29 is 9.13 Å². The Kier molecular flexibility index (Phi) is 4.19. The Balaban J connectivity index is 2.72. The highest BCUT2D eigenvalue weighted by molar-refractivity contribution is 6.30. The molecule has 0 atom stereocenters. The Bertz CT molecular complexity index is 681. The van der Waals surface area contributed by atoms with Gasteiger partial charge in [-0.05, 0) is 19.1 Å². The lowest BCUT2D eigenvalue weighted by Gasteiger charge is -2.19. The summed E-state index contributed by atoms with van der Waals surface area (Å²) in [4.78, 5) is 8.82. The average Bonchev–Trinajstić information content (AvgIpc) is 2.41. The van der Waals surface area contributed by atoms with Gasteiger partial charge >= 0.3 is 0 Å². The summed E-state index contributed by atoms with van der Waals surface area (Å²) in [6, 6.07) is 4.96. The lowest BCUT2D eigenvalue weighted by atomic mass is 9.95. The maximum Gasteiger partial charge on any atom is 0.174 e. The fourth-order valence-corrected chi connectivity index (χ4v) is 2.11. The molecule has 1 heterocycles. The van der Waals surface area contributed by atoms with Gasteiger partial charge in [0.25, 0.3) is 0 Å². The Hall–Kier alpha value is -1.68. The molecule has 0 N–H and O–H groups in total. The molecule has 3 nitrogen and oxygen atoms in total. The second-order valence-electron chi connectivity index (χ2n) is 5.88. The molecule has 0 saturated heterocycles. The first-order valence-corrected chi connectivity index (χ1v) is 7.01. The normalized spacial score (nSPS) is 11.6. The van der Waals surface area contributed by atoms with Crippen LogP contribution in [0.5, 0.6) is 5.75 Å². The van der Waals surface area contributed by atoms with Gasteiger partial charge in [-0.1, -0.05) is 38.4 Å². The standard InChI is InChI=1S/C16H18ClFN2O/c1-9-13(10-7-6-8-11(21-5)12(10)18)19-15(16(2,3)4)20-14(9)17/h6-8H,1-5H3. The van der Waals surface area contributed by atoms with E-state index in [0.29, 0.717) is 27.8 Å². The van der Waals surface area contributed by atoms with Crippen molar-refractivity contribution in [1.82, 2.24) is 9.97 Å². The zero-order valence-electron chi connectivity index (χ0n) is 12.8. The molecule has 0 aliphatic heterocycles. The van der Waals surface area contributed by atoms with Gasteiger partial charge in [-0.2, -0.15) is 0 Å². The van der Waals surface area contributed by atoms with E-state index in [1.165, 1.54) is 7.11 Å². The summed E-state index contributed by atoms with van der Waals surface area (Å²) in [5.41, 5.74) is 1.23. The molecule has 0 aliphatic carbocycles. The number of aromatic nitrogens is 2. The van der Waals surface area contributed by atoms with Crippen molar-refractivity contribution in [2.24, 2.45) is 0 Å². The Labute approximate surface area is 129 Å². The van der Waals surface area contributed by atoms with E-state index in [4.69, 9.17) is 16.3 Å². The van der Waals surface area contributed by atoms with Crippen LogP contribution in [0.4, 0.5) is 4.39 Å². The second-order valence-corrected chi connectivity index (χ2v) is 6.24. The molecular formula is C16H18ClFN2O. The third kappa shape index (κ3) is 3.00. The summed E-state index contributed by atoms with van der Waals surface area (Å²) in [6.07, 6.45) is 0. The van der Waals surface area contributed by atoms with Gasteiger partial charge in [0.15, 0.2) is 11.6 Å². The van der Waals surface area contributed by atoms with Crippen LogP contribution in [0, 0.1) is 12.7 Å². The van der Waals surface area contributed by atoms with E-state index in [-0.39, 0.29) is 11.2 Å². The maximum atomic E-state index is 14.5. The summed E-state index contributed by atoms with van der Waals surface area (Å²) >= 11 is 6.20. The van der Waals surface area contributed by atoms with Crippen molar-refractivity contribution in [3.05, 3.63) is 40.6 Å². The minimum absolute atomic E-state index is 0.180. The maximum absolute atomic E-state index is 14.5. The Morgan fingerprint density at radius 1 is 1.19 bits per heavy atom. The highest BCUT2D eigenvalue weighted by Crippen LogP contribution is 2.33. The highest BCUT2D eigenvalue weighted by atomic mass is 35.5. The van der Waals surface area contributed by atoms with Crippen LogP contribution >= 0.6 is 11.6 Å². The quantitative estimate of drug-likeness (QED) is 0.763. The van der Waals surface area contributed by atoms with Crippen LogP contribution in [0.25, 0.3) is 11.3 Å². The van der Waals surface area contributed by atoms with Gasteiger partial charge < -0.3 is 4.74 Å². The average molecular weight is 309 g/mol. The fraction of sp³-hybridized carbons (Fsp3) is 0.375. The first-order valence-electron chi connectivity index (χ1n) is 6.63. The summed E-state index contributed by atoms with van der Waals surface area (Å²) in [5.74, 6) is 0.312. The molecule has 0 bridgehead atoms. The molecule has 0 amide bonds. The van der Waals surface area contributed by atoms with E-state index in [2.05, 4.69) is 9.97 Å². The topological polar surface area (TPSA) is 35.0 Å². The minimum atomic E-state index is -0.447. The van der Waals surface area contributed by atoms with Crippen LogP contribution < -0.4 is 4.74 Å². The zero-order valence-corrected chi connectivity index (χ0v) is 13.5. The molecule has 0 unspecified atom stereocenters. The first kappa shape index (κ1) is 15.7. The number of hydrogen-bond donors (Lipinski definition) is 0. The molecule has 1 aromatic heterocycles. The smallest absolute Gasteiger partial charge is 0.174 e. The van der Waals surface area contributed by atoms with E-state index in [1.807, 2.05) is 20.8 Å². The molecule has 21 heavy (non-hydrogen) atoms. The zero-order chi connectivity index (χ0) is 15.8. The first-order chi connectivity index (χ1) is 9.75. The summed E-state index contributed by atoms with van der Waals surface area (Å²) < 4.78 is 19.5. The molecule has 2 aromatic rings. The van der Waals surface area contributed by atoms with Gasteiger partial charge in [0.2, 0.25) is 0 Å². The van der Waals surface area contributed by atoms with Crippen molar-refractivity contribution in [1.29, 1.82) is 0 Å². The molecular weight excluding hydrogens is 291 g/mol. The molecule has 0 fully saturated rings. The van der Waals surface area contributed by atoms with Gasteiger partial charge in [-0.15, -0.1) is 0 Å². The minimum Gasteiger partial charge on any atom is -0.494 e. The number of benzene rings is 1. The van der Waals surface area contributed by atoms with Crippen LogP contribution in [0.15, 0.2) is 18.2 Å². The van der Waals surface area contributed by atoms with Crippen LogP contribution in [-0.2, 0) is 5.41 Å². The molecule has 1 aromatic carbocycles. The van der Waals surface area contributed by atoms with E-state index < -0.39 is 5.82 Å². The third-order valence-electron chi connectivity index (χ3n) is 3.20. The molecule has 0 spiro atoms. The van der Waals surface area contributed by atoms with Crippen molar-refractivity contribution in [3.8, 4) is 17.0 Å². The number of nitrogens with zero attached hydrogens (tertiary/aromatic N) is 2. The van der Waals surface area contributed by atoms with E-state index >= 15 is 0 Å². The van der Waals surface area contributed by atoms with Crippen LogP contribution in [0.1, 0.15) is 32.2 Å². The number of halogens is 2. The highest BCUT2D eigenvalue weighted by Gasteiger charge is 2.23. The monoisotopic (exact) mass is 308 g/mol. The summed E-state index contributed by atoms with van der Waals surface area (Å²) in [7, 11) is 1.43. The Morgan fingerprint density at radius 3 is 2.43 bits per heavy atom. The predicted octanol–water partition coefficient (Wildman–Crippen LogP) is 4.55. The lowest BCUT2D eigenvalue weighted by molar-refractivity contribution is 0.387. The fourth-order valence-electron chi connectivity index (χ4n) is 1.94. The molecule has 0 saturated carbocycles. The summed E-state index contributed by atoms with van der Waals surface area (Å²) in [5, 5.41) is 0.340. The molecule has 2 rings (SSSR count). The Morgan fingerprint density at radius 2 is 1.86 bits per heavy atom. The summed E-state index contributed by atoms with van der Waals surface area (Å²) in [6.45, 7) is 7.74. The van der Waals surface area contributed by atoms with Crippen LogP contribution in [-0.4, -0.2) is 17.1 Å². The van der Waals surface area contributed by atoms with Gasteiger partial charge in [0.1, 0.15) is 11.0 Å². The molecule has 0 aliphatic rings. The molecule has 0 radical (unpaired) electrons. The predicted molar refractivity (Wildman–Crippen MR) is 82.4 cm³/mol. The largest absolute Gasteiger partial charge is 0.494 e. The van der Waals surface area contributed by atoms with Crippen molar-refractivity contribution in [2.75, 3.05) is 7.11 Å². The van der Waals surface area contributed by atoms with E-state index in [1.54, 1.807) is 25.1 Å². The van der Waals surface area contributed by atoms with Crippen LogP contribution in [0.3, 0.4) is 0 Å². The third-order valence-corrected chi connectivity index (χ3v) is 3.56. The van der Waals surface area contributed by atoms with E-state index in [0.717, 1.165) is 0 Å². The van der Waals surface area contributed by atoms with Gasteiger partial charge in [-0.25, -0.2) is 14.4 Å².